The second-order valence-corrected chi connectivity index (χ2v) is 6.06. The minimum absolute atomic E-state index is 0.0858. The average Bonchev–Trinajstić information content (AvgIpc) is 2.38. The third-order valence-corrected chi connectivity index (χ3v) is 3.87. The molecule has 2 aromatic rings. The summed E-state index contributed by atoms with van der Waals surface area (Å²) in [5.74, 6) is -0.164. The van der Waals surface area contributed by atoms with Crippen molar-refractivity contribution in [3.63, 3.8) is 0 Å². The first-order chi connectivity index (χ1) is 9.47. The van der Waals surface area contributed by atoms with Gasteiger partial charge in [-0.15, -0.1) is 0 Å². The molecule has 0 aromatic heterocycles. The van der Waals surface area contributed by atoms with Crippen molar-refractivity contribution < 1.29 is 4.79 Å². The van der Waals surface area contributed by atoms with E-state index in [-0.39, 0.29) is 11.9 Å². The zero-order valence-corrected chi connectivity index (χ0v) is 13.6. The number of amides is 1. The van der Waals surface area contributed by atoms with Gasteiger partial charge in [-0.05, 0) is 49.2 Å². The molecule has 104 valence electrons. The van der Waals surface area contributed by atoms with Crippen LogP contribution in [0.25, 0.3) is 0 Å². The molecule has 0 heterocycles. The summed E-state index contributed by atoms with van der Waals surface area (Å²) in [5.41, 5.74) is 2.57. The number of rotatable bonds is 3. The van der Waals surface area contributed by atoms with E-state index in [0.717, 1.165) is 15.6 Å². The van der Waals surface area contributed by atoms with Gasteiger partial charge < -0.3 is 5.32 Å². The first-order valence-corrected chi connectivity index (χ1v) is 7.47. The zero-order valence-electron chi connectivity index (χ0n) is 11.3. The Morgan fingerprint density at radius 1 is 1.25 bits per heavy atom. The summed E-state index contributed by atoms with van der Waals surface area (Å²) in [6.07, 6.45) is 0. The fourth-order valence-electron chi connectivity index (χ4n) is 1.94. The van der Waals surface area contributed by atoms with Gasteiger partial charge in [0.05, 0.1) is 16.6 Å². The van der Waals surface area contributed by atoms with Crippen LogP contribution in [0.4, 0.5) is 0 Å². The second kappa shape index (κ2) is 6.42. The lowest BCUT2D eigenvalue weighted by Gasteiger charge is -2.15. The maximum Gasteiger partial charge on any atom is 0.253 e. The highest BCUT2D eigenvalue weighted by Gasteiger charge is 2.14. The van der Waals surface area contributed by atoms with Gasteiger partial charge in [0.2, 0.25) is 0 Å². The van der Waals surface area contributed by atoms with Gasteiger partial charge in [0.15, 0.2) is 0 Å². The first kappa shape index (κ1) is 15.1. The number of halogens is 2. The standard InChI is InChI=1S/C16H15BrClNO/c1-10-6-7-14(15(18)8-10)16(20)19-11(2)12-4-3-5-13(17)9-12/h3-9,11H,1-2H3,(H,19,20). The minimum Gasteiger partial charge on any atom is -0.345 e. The van der Waals surface area contributed by atoms with Crippen LogP contribution in [-0.2, 0) is 0 Å². The van der Waals surface area contributed by atoms with Crippen molar-refractivity contribution in [2.24, 2.45) is 0 Å². The van der Waals surface area contributed by atoms with E-state index in [4.69, 9.17) is 11.6 Å². The van der Waals surface area contributed by atoms with Gasteiger partial charge in [-0.3, -0.25) is 4.79 Å². The molecule has 2 rings (SSSR count). The summed E-state index contributed by atoms with van der Waals surface area (Å²) in [4.78, 5) is 12.2. The SMILES string of the molecule is Cc1ccc(C(=O)NC(C)c2cccc(Br)c2)c(Cl)c1. The van der Waals surface area contributed by atoms with Crippen molar-refractivity contribution in [3.05, 3.63) is 68.7 Å². The highest BCUT2D eigenvalue weighted by Crippen LogP contribution is 2.21. The molecular formula is C16H15BrClNO. The molecule has 1 amide bonds. The Morgan fingerprint density at radius 3 is 2.65 bits per heavy atom. The van der Waals surface area contributed by atoms with Crippen molar-refractivity contribution in [1.82, 2.24) is 5.32 Å². The van der Waals surface area contributed by atoms with E-state index in [0.29, 0.717) is 10.6 Å². The van der Waals surface area contributed by atoms with Crippen molar-refractivity contribution in [3.8, 4) is 0 Å². The lowest BCUT2D eigenvalue weighted by atomic mass is 10.1. The van der Waals surface area contributed by atoms with E-state index >= 15 is 0 Å². The molecule has 4 heteroatoms. The summed E-state index contributed by atoms with van der Waals surface area (Å²) in [7, 11) is 0. The Kier molecular flexibility index (Phi) is 4.84. The molecule has 0 fully saturated rings. The number of nitrogens with one attached hydrogen (secondary N) is 1. The van der Waals surface area contributed by atoms with Gasteiger partial charge in [0.1, 0.15) is 0 Å². The van der Waals surface area contributed by atoms with Gasteiger partial charge in [-0.2, -0.15) is 0 Å². The third kappa shape index (κ3) is 3.62. The predicted octanol–water partition coefficient (Wildman–Crippen LogP) is 4.90. The fraction of sp³-hybridized carbons (Fsp3) is 0.188. The van der Waals surface area contributed by atoms with Gasteiger partial charge in [-0.25, -0.2) is 0 Å². The monoisotopic (exact) mass is 351 g/mol. The fourth-order valence-corrected chi connectivity index (χ4v) is 2.68. The third-order valence-electron chi connectivity index (χ3n) is 3.07. The molecule has 1 N–H and O–H groups in total. The van der Waals surface area contributed by atoms with Crippen LogP contribution in [0.15, 0.2) is 46.9 Å². The molecule has 1 atom stereocenters. The van der Waals surface area contributed by atoms with E-state index in [1.54, 1.807) is 12.1 Å². The Morgan fingerprint density at radius 2 is 2.00 bits per heavy atom. The largest absolute Gasteiger partial charge is 0.345 e. The molecule has 0 radical (unpaired) electrons. The van der Waals surface area contributed by atoms with Gasteiger partial charge in [0.25, 0.3) is 5.91 Å². The Balaban J connectivity index is 2.15. The van der Waals surface area contributed by atoms with Crippen molar-refractivity contribution in [1.29, 1.82) is 0 Å². The molecule has 2 aromatic carbocycles. The maximum atomic E-state index is 12.2. The van der Waals surface area contributed by atoms with E-state index in [1.807, 2.05) is 44.2 Å². The Labute approximate surface area is 132 Å². The predicted molar refractivity (Wildman–Crippen MR) is 86.2 cm³/mol. The number of hydrogen-bond acceptors (Lipinski definition) is 1. The maximum absolute atomic E-state index is 12.2. The van der Waals surface area contributed by atoms with Gasteiger partial charge in [-0.1, -0.05) is 45.7 Å². The second-order valence-electron chi connectivity index (χ2n) is 4.73. The highest BCUT2D eigenvalue weighted by molar-refractivity contribution is 9.10. The first-order valence-electron chi connectivity index (χ1n) is 6.30. The summed E-state index contributed by atoms with van der Waals surface area (Å²) in [5, 5.41) is 3.43. The summed E-state index contributed by atoms with van der Waals surface area (Å²) < 4.78 is 0.990. The lowest BCUT2D eigenvalue weighted by Crippen LogP contribution is -2.26. The molecule has 0 bridgehead atoms. The van der Waals surface area contributed by atoms with E-state index in [2.05, 4.69) is 21.2 Å². The molecular weight excluding hydrogens is 338 g/mol. The molecule has 2 nitrogen and oxygen atoms in total. The molecule has 20 heavy (non-hydrogen) atoms. The van der Waals surface area contributed by atoms with Crippen LogP contribution >= 0.6 is 27.5 Å². The normalized spacial score (nSPS) is 12.0. The van der Waals surface area contributed by atoms with E-state index in [9.17, 15) is 4.79 Å². The Hall–Kier alpha value is -1.32. The quantitative estimate of drug-likeness (QED) is 0.836. The van der Waals surface area contributed by atoms with E-state index < -0.39 is 0 Å². The summed E-state index contributed by atoms with van der Waals surface area (Å²) in [6, 6.07) is 13.2. The van der Waals surface area contributed by atoms with Crippen molar-refractivity contribution >= 4 is 33.4 Å². The molecule has 0 aliphatic rings. The van der Waals surface area contributed by atoms with Crippen LogP contribution in [0.2, 0.25) is 5.02 Å². The topological polar surface area (TPSA) is 29.1 Å². The average molecular weight is 353 g/mol. The Bertz CT molecular complexity index is 642. The van der Waals surface area contributed by atoms with Crippen LogP contribution in [0.1, 0.15) is 34.5 Å². The molecule has 0 aliphatic carbocycles. The molecule has 0 spiro atoms. The molecule has 0 saturated heterocycles. The van der Waals surface area contributed by atoms with E-state index in [1.165, 1.54) is 0 Å². The minimum atomic E-state index is -0.164. The van der Waals surface area contributed by atoms with Gasteiger partial charge in [0, 0.05) is 4.47 Å². The summed E-state index contributed by atoms with van der Waals surface area (Å²) >= 11 is 9.54. The molecule has 0 aliphatic heterocycles. The molecule has 0 saturated carbocycles. The highest BCUT2D eigenvalue weighted by atomic mass is 79.9. The summed E-state index contributed by atoms with van der Waals surface area (Å²) in [6.45, 7) is 3.89. The number of hydrogen-bond donors (Lipinski definition) is 1. The van der Waals surface area contributed by atoms with Crippen LogP contribution in [0.5, 0.6) is 0 Å². The van der Waals surface area contributed by atoms with Crippen LogP contribution < -0.4 is 5.32 Å². The van der Waals surface area contributed by atoms with Crippen molar-refractivity contribution in [2.45, 2.75) is 19.9 Å². The number of aryl methyl sites for hydroxylation is 1. The number of benzene rings is 2. The van der Waals surface area contributed by atoms with Crippen molar-refractivity contribution in [2.75, 3.05) is 0 Å². The number of carbonyl (C=O) groups excluding carboxylic acids is 1. The molecule has 1 unspecified atom stereocenters. The number of carbonyl (C=O) groups is 1. The zero-order chi connectivity index (χ0) is 14.7. The lowest BCUT2D eigenvalue weighted by molar-refractivity contribution is 0.0940. The van der Waals surface area contributed by atoms with Crippen LogP contribution in [0.3, 0.4) is 0 Å². The smallest absolute Gasteiger partial charge is 0.253 e. The van der Waals surface area contributed by atoms with Crippen LogP contribution in [0, 0.1) is 6.92 Å². The van der Waals surface area contributed by atoms with Gasteiger partial charge >= 0.3 is 0 Å². The van der Waals surface area contributed by atoms with Crippen LogP contribution in [-0.4, -0.2) is 5.91 Å².